The van der Waals surface area contributed by atoms with Crippen LogP contribution in [-0.4, -0.2) is 34.6 Å². The molecule has 22 heavy (non-hydrogen) atoms. The third kappa shape index (κ3) is 4.08. The molecule has 0 aliphatic heterocycles. The molecule has 118 valence electrons. The maximum Gasteiger partial charge on any atom is 0.313 e. The number of aromatic nitrogens is 1. The van der Waals surface area contributed by atoms with Crippen molar-refractivity contribution in [2.24, 2.45) is 0 Å². The summed E-state index contributed by atoms with van der Waals surface area (Å²) in [6.07, 6.45) is 0.602. The van der Waals surface area contributed by atoms with Crippen LogP contribution in [0.25, 0.3) is 10.9 Å². The van der Waals surface area contributed by atoms with Gasteiger partial charge in [0.1, 0.15) is 0 Å². The minimum absolute atomic E-state index is 0.275. The Balaban J connectivity index is 1.90. The highest BCUT2D eigenvalue weighted by Gasteiger charge is 2.14. The molecule has 0 aliphatic carbocycles. The predicted octanol–water partition coefficient (Wildman–Crippen LogP) is 1.69. The van der Waals surface area contributed by atoms with Crippen LogP contribution in [0.2, 0.25) is 0 Å². The number of carbonyl (C=O) groups excluding carboxylic acids is 2. The number of benzene rings is 1. The number of aliphatic hydroxyl groups excluding tert-OH is 1. The molecule has 1 heterocycles. The van der Waals surface area contributed by atoms with Gasteiger partial charge in [-0.05, 0) is 44.0 Å². The molecular weight excluding hydrogens is 282 g/mol. The van der Waals surface area contributed by atoms with E-state index in [2.05, 4.69) is 15.6 Å². The first-order valence-corrected chi connectivity index (χ1v) is 7.36. The van der Waals surface area contributed by atoms with E-state index in [0.717, 1.165) is 16.6 Å². The molecule has 6 heteroatoms. The molecule has 2 amide bonds. The minimum atomic E-state index is -0.711. The fourth-order valence-corrected chi connectivity index (χ4v) is 2.18. The molecule has 1 atom stereocenters. The summed E-state index contributed by atoms with van der Waals surface area (Å²) in [5.41, 5.74) is 2.58. The average Bonchev–Trinajstić information content (AvgIpc) is 2.86. The first-order valence-electron chi connectivity index (χ1n) is 7.36. The summed E-state index contributed by atoms with van der Waals surface area (Å²) in [6.45, 7) is 4.09. The van der Waals surface area contributed by atoms with Gasteiger partial charge in [0, 0.05) is 28.8 Å². The monoisotopic (exact) mass is 303 g/mol. The van der Waals surface area contributed by atoms with Crippen molar-refractivity contribution < 1.29 is 14.7 Å². The smallest absolute Gasteiger partial charge is 0.313 e. The highest BCUT2D eigenvalue weighted by Crippen LogP contribution is 2.19. The molecule has 1 aromatic heterocycles. The molecule has 0 fully saturated rings. The number of carbonyl (C=O) groups is 2. The zero-order valence-electron chi connectivity index (χ0n) is 12.8. The van der Waals surface area contributed by atoms with Crippen LogP contribution in [-0.2, 0) is 9.59 Å². The predicted molar refractivity (Wildman–Crippen MR) is 85.6 cm³/mol. The van der Waals surface area contributed by atoms with Crippen LogP contribution in [0, 0.1) is 6.92 Å². The van der Waals surface area contributed by atoms with Gasteiger partial charge in [0.15, 0.2) is 0 Å². The second-order valence-corrected chi connectivity index (χ2v) is 5.32. The molecule has 0 aliphatic rings. The van der Waals surface area contributed by atoms with Gasteiger partial charge < -0.3 is 20.7 Å². The summed E-state index contributed by atoms with van der Waals surface area (Å²) >= 11 is 0. The highest BCUT2D eigenvalue weighted by molar-refractivity contribution is 6.39. The number of aliphatic hydroxyl groups is 1. The Kier molecular flexibility index (Phi) is 5.16. The summed E-state index contributed by atoms with van der Waals surface area (Å²) in [4.78, 5) is 26.7. The SMILES string of the molecule is CCC(O)CCNC(=O)C(=O)Nc1ccc2[nH]c(C)cc2c1. The molecule has 0 spiro atoms. The van der Waals surface area contributed by atoms with Crippen LogP contribution < -0.4 is 10.6 Å². The number of amides is 2. The van der Waals surface area contributed by atoms with E-state index >= 15 is 0 Å². The second kappa shape index (κ2) is 7.09. The summed E-state index contributed by atoms with van der Waals surface area (Å²) in [5, 5.41) is 15.4. The van der Waals surface area contributed by atoms with Crippen molar-refractivity contribution in [2.75, 3.05) is 11.9 Å². The van der Waals surface area contributed by atoms with Gasteiger partial charge in [-0.15, -0.1) is 0 Å². The van der Waals surface area contributed by atoms with E-state index in [-0.39, 0.29) is 6.54 Å². The van der Waals surface area contributed by atoms with Crippen LogP contribution in [0.3, 0.4) is 0 Å². The van der Waals surface area contributed by atoms with Crippen LogP contribution in [0.4, 0.5) is 5.69 Å². The highest BCUT2D eigenvalue weighted by atomic mass is 16.3. The van der Waals surface area contributed by atoms with Crippen molar-refractivity contribution in [1.29, 1.82) is 0 Å². The number of aryl methyl sites for hydroxylation is 1. The Morgan fingerprint density at radius 2 is 2.05 bits per heavy atom. The van der Waals surface area contributed by atoms with E-state index in [1.807, 2.05) is 32.0 Å². The number of hydrogen-bond donors (Lipinski definition) is 4. The van der Waals surface area contributed by atoms with Crippen molar-refractivity contribution in [3.63, 3.8) is 0 Å². The Morgan fingerprint density at radius 3 is 2.77 bits per heavy atom. The summed E-state index contributed by atoms with van der Waals surface area (Å²) in [7, 11) is 0. The lowest BCUT2D eigenvalue weighted by atomic mass is 10.2. The summed E-state index contributed by atoms with van der Waals surface area (Å²) < 4.78 is 0. The fraction of sp³-hybridized carbons (Fsp3) is 0.375. The number of anilines is 1. The lowest BCUT2D eigenvalue weighted by Crippen LogP contribution is -2.36. The molecular formula is C16H21N3O3. The number of hydrogen-bond acceptors (Lipinski definition) is 3. The van der Waals surface area contributed by atoms with Crippen LogP contribution >= 0.6 is 0 Å². The molecule has 0 radical (unpaired) electrons. The molecule has 0 saturated carbocycles. The van der Waals surface area contributed by atoms with Crippen molar-refractivity contribution in [1.82, 2.24) is 10.3 Å². The van der Waals surface area contributed by atoms with E-state index in [1.54, 1.807) is 6.07 Å². The number of aromatic amines is 1. The molecule has 0 saturated heterocycles. The maximum absolute atomic E-state index is 11.8. The molecule has 6 nitrogen and oxygen atoms in total. The first-order chi connectivity index (χ1) is 10.5. The van der Waals surface area contributed by atoms with Gasteiger partial charge in [-0.3, -0.25) is 9.59 Å². The molecule has 1 unspecified atom stereocenters. The Bertz CT molecular complexity index is 678. The third-order valence-corrected chi connectivity index (χ3v) is 3.45. The molecule has 2 rings (SSSR count). The molecule has 2 aromatic rings. The number of rotatable bonds is 5. The number of fused-ring (bicyclic) bond motifs is 1. The minimum Gasteiger partial charge on any atom is -0.393 e. The average molecular weight is 303 g/mol. The normalized spacial score (nSPS) is 12.1. The molecule has 0 bridgehead atoms. The van der Waals surface area contributed by atoms with Crippen LogP contribution in [0.15, 0.2) is 24.3 Å². The zero-order chi connectivity index (χ0) is 16.1. The molecule has 4 N–H and O–H groups in total. The van der Waals surface area contributed by atoms with Gasteiger partial charge in [0.2, 0.25) is 0 Å². The first kappa shape index (κ1) is 16.0. The fourth-order valence-electron chi connectivity index (χ4n) is 2.18. The largest absolute Gasteiger partial charge is 0.393 e. The summed E-state index contributed by atoms with van der Waals surface area (Å²) in [6, 6.07) is 7.37. The molecule has 1 aromatic carbocycles. The lowest BCUT2D eigenvalue weighted by molar-refractivity contribution is -0.136. The van der Waals surface area contributed by atoms with Crippen molar-refractivity contribution in [3.8, 4) is 0 Å². The van der Waals surface area contributed by atoms with Gasteiger partial charge in [0.05, 0.1) is 6.10 Å². The van der Waals surface area contributed by atoms with E-state index in [1.165, 1.54) is 0 Å². The van der Waals surface area contributed by atoms with Crippen LogP contribution in [0.1, 0.15) is 25.5 Å². The van der Waals surface area contributed by atoms with Crippen molar-refractivity contribution in [2.45, 2.75) is 32.8 Å². The van der Waals surface area contributed by atoms with Gasteiger partial charge in [-0.25, -0.2) is 0 Å². The quantitative estimate of drug-likeness (QED) is 0.633. The Labute approximate surface area is 128 Å². The van der Waals surface area contributed by atoms with Crippen LogP contribution in [0.5, 0.6) is 0 Å². The zero-order valence-corrected chi connectivity index (χ0v) is 12.8. The van der Waals surface area contributed by atoms with Gasteiger partial charge >= 0.3 is 11.8 Å². The maximum atomic E-state index is 11.8. The third-order valence-electron chi connectivity index (χ3n) is 3.45. The van der Waals surface area contributed by atoms with E-state index < -0.39 is 17.9 Å². The standard InChI is InChI=1S/C16H21N3O3/c1-3-13(20)6-7-17-15(21)16(22)19-12-4-5-14-11(9-12)8-10(2)18-14/h4-5,8-9,13,18,20H,3,6-7H2,1-2H3,(H,17,21)(H,19,22). The van der Waals surface area contributed by atoms with E-state index in [9.17, 15) is 14.7 Å². The van der Waals surface area contributed by atoms with E-state index in [4.69, 9.17) is 0 Å². The topological polar surface area (TPSA) is 94.2 Å². The second-order valence-electron chi connectivity index (χ2n) is 5.32. The van der Waals surface area contributed by atoms with E-state index in [0.29, 0.717) is 18.5 Å². The lowest BCUT2D eigenvalue weighted by Gasteiger charge is -2.09. The van der Waals surface area contributed by atoms with Crippen molar-refractivity contribution in [3.05, 3.63) is 30.0 Å². The Morgan fingerprint density at radius 1 is 1.27 bits per heavy atom. The van der Waals surface area contributed by atoms with Gasteiger partial charge in [-0.1, -0.05) is 6.92 Å². The van der Waals surface area contributed by atoms with Gasteiger partial charge in [0.25, 0.3) is 0 Å². The van der Waals surface area contributed by atoms with Crippen molar-refractivity contribution >= 4 is 28.4 Å². The number of H-pyrrole nitrogens is 1. The Hall–Kier alpha value is -2.34. The van der Waals surface area contributed by atoms with Gasteiger partial charge in [-0.2, -0.15) is 0 Å². The number of nitrogens with one attached hydrogen (secondary N) is 3. The summed E-state index contributed by atoms with van der Waals surface area (Å²) in [5.74, 6) is -1.41.